The molecule has 1 aromatic heterocycles. The van der Waals surface area contributed by atoms with E-state index >= 15 is 0 Å². The van der Waals surface area contributed by atoms with Gasteiger partial charge in [-0.15, -0.1) is 0 Å². The molecule has 0 amide bonds. The maximum Gasteiger partial charge on any atom is 0.0568 e. The number of aromatic nitrogens is 1. The molecule has 1 heteroatoms. The molecule has 0 bridgehead atoms. The largest absolute Gasteiger partial charge is 0.343 e. The van der Waals surface area contributed by atoms with Crippen LogP contribution in [-0.2, 0) is 7.05 Å². The first-order chi connectivity index (χ1) is 13.8. The number of fused-ring (bicyclic) bond motifs is 6. The third kappa shape index (κ3) is 2.13. The Labute approximate surface area is 163 Å². The number of benzene rings is 5. The maximum absolute atomic E-state index is 2.34. The maximum atomic E-state index is 2.34. The lowest BCUT2D eigenvalue weighted by Gasteiger charge is -2.05. The molecular formula is C27H19N. The van der Waals surface area contributed by atoms with Crippen LogP contribution in [0.1, 0.15) is 0 Å². The minimum absolute atomic E-state index is 1.26. The molecule has 1 nitrogen and oxygen atoms in total. The molecule has 0 aliphatic heterocycles. The highest BCUT2D eigenvalue weighted by molar-refractivity contribution is 6.18. The fraction of sp³-hybridized carbons (Fsp3) is 0.0370. The van der Waals surface area contributed by atoms with Crippen molar-refractivity contribution in [3.8, 4) is 11.1 Å². The molecule has 0 aliphatic rings. The summed E-state index contributed by atoms with van der Waals surface area (Å²) in [4.78, 5) is 0. The van der Waals surface area contributed by atoms with E-state index in [-0.39, 0.29) is 0 Å². The standard InChI is InChI=1S/C27H19N/c1-28-26-15-13-22(21-11-10-18-6-2-3-8-20(18)16-21)17-25(26)24-14-12-19-7-4-5-9-23(19)27(24)28/h2-17H,1H3. The molecule has 0 atom stereocenters. The lowest BCUT2D eigenvalue weighted by molar-refractivity contribution is 1.02. The summed E-state index contributed by atoms with van der Waals surface area (Å²) in [5, 5.41) is 7.79. The van der Waals surface area contributed by atoms with Crippen molar-refractivity contribution in [1.82, 2.24) is 4.57 Å². The molecule has 0 N–H and O–H groups in total. The van der Waals surface area contributed by atoms with Gasteiger partial charge in [-0.2, -0.15) is 0 Å². The van der Waals surface area contributed by atoms with Crippen LogP contribution in [0.4, 0.5) is 0 Å². The predicted molar refractivity (Wildman–Crippen MR) is 121 cm³/mol. The summed E-state index contributed by atoms with van der Waals surface area (Å²) in [7, 11) is 2.17. The number of rotatable bonds is 1. The molecule has 0 radical (unpaired) electrons. The third-order valence-corrected chi connectivity index (χ3v) is 5.97. The molecule has 0 fully saturated rings. The van der Waals surface area contributed by atoms with Crippen molar-refractivity contribution in [3.05, 3.63) is 97.1 Å². The molecule has 6 rings (SSSR count). The van der Waals surface area contributed by atoms with Crippen molar-refractivity contribution < 1.29 is 0 Å². The van der Waals surface area contributed by atoms with Crippen molar-refractivity contribution in [3.63, 3.8) is 0 Å². The summed E-state index contributed by atoms with van der Waals surface area (Å²) < 4.78 is 2.33. The normalized spacial score (nSPS) is 11.8. The first-order valence-electron chi connectivity index (χ1n) is 9.69. The van der Waals surface area contributed by atoms with Gasteiger partial charge in [0.1, 0.15) is 0 Å². The zero-order chi connectivity index (χ0) is 18.7. The lowest BCUT2D eigenvalue weighted by atomic mass is 9.99. The molecule has 0 saturated heterocycles. The monoisotopic (exact) mass is 357 g/mol. The topological polar surface area (TPSA) is 4.93 Å². The van der Waals surface area contributed by atoms with E-state index in [0.29, 0.717) is 0 Å². The SMILES string of the molecule is Cn1c2ccc(-c3ccc4ccccc4c3)cc2c2ccc3ccccc3c21. The number of aryl methyl sites for hydroxylation is 1. The Bertz CT molecular complexity index is 1520. The molecular weight excluding hydrogens is 338 g/mol. The molecule has 0 saturated carbocycles. The van der Waals surface area contributed by atoms with Gasteiger partial charge in [0.05, 0.1) is 5.52 Å². The van der Waals surface area contributed by atoms with Gasteiger partial charge in [-0.25, -0.2) is 0 Å². The van der Waals surface area contributed by atoms with Crippen LogP contribution in [0.15, 0.2) is 97.1 Å². The summed E-state index contributed by atoms with van der Waals surface area (Å²) >= 11 is 0. The predicted octanol–water partition coefficient (Wildman–Crippen LogP) is 7.30. The van der Waals surface area contributed by atoms with E-state index < -0.39 is 0 Å². The Morgan fingerprint density at radius 1 is 0.500 bits per heavy atom. The highest BCUT2D eigenvalue weighted by atomic mass is 14.9. The van der Waals surface area contributed by atoms with Crippen molar-refractivity contribution >= 4 is 43.4 Å². The quantitative estimate of drug-likeness (QED) is 0.291. The zero-order valence-corrected chi connectivity index (χ0v) is 15.7. The molecule has 132 valence electrons. The van der Waals surface area contributed by atoms with Crippen LogP contribution < -0.4 is 0 Å². The van der Waals surface area contributed by atoms with E-state index in [1.165, 1.54) is 54.5 Å². The van der Waals surface area contributed by atoms with Gasteiger partial charge in [-0.3, -0.25) is 0 Å². The summed E-state index contributed by atoms with van der Waals surface area (Å²) in [6, 6.07) is 35.3. The molecule has 5 aromatic carbocycles. The minimum Gasteiger partial charge on any atom is -0.343 e. The first kappa shape index (κ1) is 15.5. The summed E-state index contributed by atoms with van der Waals surface area (Å²) in [6.45, 7) is 0. The van der Waals surface area contributed by atoms with E-state index in [1.807, 2.05) is 0 Å². The van der Waals surface area contributed by atoms with E-state index in [1.54, 1.807) is 0 Å². The Balaban J connectivity index is 1.65. The van der Waals surface area contributed by atoms with Gasteiger partial charge in [-0.05, 0) is 45.5 Å². The van der Waals surface area contributed by atoms with Gasteiger partial charge >= 0.3 is 0 Å². The van der Waals surface area contributed by atoms with Crippen molar-refractivity contribution in [1.29, 1.82) is 0 Å². The second kappa shape index (κ2) is 5.71. The van der Waals surface area contributed by atoms with Crippen LogP contribution in [0, 0.1) is 0 Å². The molecule has 1 heterocycles. The Morgan fingerprint density at radius 3 is 2.07 bits per heavy atom. The summed E-state index contributed by atoms with van der Waals surface area (Å²) in [6.07, 6.45) is 0. The van der Waals surface area contributed by atoms with E-state index in [9.17, 15) is 0 Å². The van der Waals surface area contributed by atoms with Crippen molar-refractivity contribution in [2.75, 3.05) is 0 Å². The Morgan fingerprint density at radius 2 is 1.18 bits per heavy atom. The van der Waals surface area contributed by atoms with Crippen LogP contribution >= 0.6 is 0 Å². The van der Waals surface area contributed by atoms with Crippen LogP contribution in [0.25, 0.3) is 54.5 Å². The molecule has 6 aromatic rings. The van der Waals surface area contributed by atoms with Gasteiger partial charge in [-0.1, -0.05) is 78.9 Å². The number of hydrogen-bond donors (Lipinski definition) is 0. The fourth-order valence-corrected chi connectivity index (χ4v) is 4.55. The van der Waals surface area contributed by atoms with Crippen LogP contribution in [0.3, 0.4) is 0 Å². The number of hydrogen-bond acceptors (Lipinski definition) is 0. The lowest BCUT2D eigenvalue weighted by Crippen LogP contribution is -1.87. The van der Waals surface area contributed by atoms with Crippen molar-refractivity contribution in [2.45, 2.75) is 0 Å². The average molecular weight is 357 g/mol. The Kier molecular flexibility index (Phi) is 3.15. The van der Waals surface area contributed by atoms with Gasteiger partial charge in [0, 0.05) is 28.7 Å². The molecule has 28 heavy (non-hydrogen) atoms. The Hall–Kier alpha value is -3.58. The fourth-order valence-electron chi connectivity index (χ4n) is 4.55. The molecule has 0 unspecified atom stereocenters. The van der Waals surface area contributed by atoms with Gasteiger partial charge in [0.2, 0.25) is 0 Å². The number of nitrogens with zero attached hydrogens (tertiary/aromatic N) is 1. The van der Waals surface area contributed by atoms with Crippen LogP contribution in [0.5, 0.6) is 0 Å². The third-order valence-electron chi connectivity index (χ3n) is 5.97. The van der Waals surface area contributed by atoms with E-state index in [2.05, 4.69) is 109 Å². The highest BCUT2D eigenvalue weighted by Crippen LogP contribution is 2.36. The van der Waals surface area contributed by atoms with Gasteiger partial charge in [0.25, 0.3) is 0 Å². The second-order valence-electron chi connectivity index (χ2n) is 7.54. The minimum atomic E-state index is 1.26. The average Bonchev–Trinajstić information content (AvgIpc) is 3.05. The summed E-state index contributed by atoms with van der Waals surface area (Å²) in [5.74, 6) is 0. The molecule has 0 spiro atoms. The summed E-state index contributed by atoms with van der Waals surface area (Å²) in [5.41, 5.74) is 5.11. The second-order valence-corrected chi connectivity index (χ2v) is 7.54. The van der Waals surface area contributed by atoms with Gasteiger partial charge in [0.15, 0.2) is 0 Å². The van der Waals surface area contributed by atoms with Crippen molar-refractivity contribution in [2.24, 2.45) is 7.05 Å². The smallest absolute Gasteiger partial charge is 0.0568 e. The van der Waals surface area contributed by atoms with E-state index in [0.717, 1.165) is 0 Å². The molecule has 0 aliphatic carbocycles. The first-order valence-corrected chi connectivity index (χ1v) is 9.69. The zero-order valence-electron chi connectivity index (χ0n) is 15.7. The van der Waals surface area contributed by atoms with Gasteiger partial charge < -0.3 is 4.57 Å². The van der Waals surface area contributed by atoms with Crippen LogP contribution in [-0.4, -0.2) is 4.57 Å². The van der Waals surface area contributed by atoms with E-state index in [4.69, 9.17) is 0 Å². The highest BCUT2D eigenvalue weighted by Gasteiger charge is 2.12. The van der Waals surface area contributed by atoms with Crippen LogP contribution in [0.2, 0.25) is 0 Å².